The highest BCUT2D eigenvalue weighted by Gasteiger charge is 2.36. The van der Waals surface area contributed by atoms with Crippen LogP contribution in [0.1, 0.15) is 48.8 Å². The Hall–Kier alpha value is -4.34. The van der Waals surface area contributed by atoms with E-state index in [1.807, 2.05) is 60.7 Å². The zero-order chi connectivity index (χ0) is 34.1. The molecule has 1 N–H and O–H groups in total. The predicted octanol–water partition coefficient (Wildman–Crippen LogP) is 6.94. The zero-order valence-corrected chi connectivity index (χ0v) is 28.9. The first-order valence-electron chi connectivity index (χ1n) is 16.3. The Morgan fingerprint density at radius 3 is 2.23 bits per heavy atom. The number of ether oxygens (including phenoxy) is 1. The average Bonchev–Trinajstić information content (AvgIpc) is 3.10. The van der Waals surface area contributed by atoms with E-state index < -0.39 is 28.5 Å². The fraction of sp³-hybridized carbons (Fsp3) is 0.316. The lowest BCUT2D eigenvalue weighted by Gasteiger charge is -2.35. The molecule has 0 saturated heterocycles. The van der Waals surface area contributed by atoms with Crippen LogP contribution in [0.15, 0.2) is 108 Å². The van der Waals surface area contributed by atoms with Gasteiger partial charge in [0.05, 0.1) is 17.7 Å². The molecular formula is C38H42ClN3O5S. The summed E-state index contributed by atoms with van der Waals surface area (Å²) < 4.78 is 35.1. The summed E-state index contributed by atoms with van der Waals surface area (Å²) in [5, 5.41) is 3.63. The van der Waals surface area contributed by atoms with E-state index in [2.05, 4.69) is 5.32 Å². The van der Waals surface area contributed by atoms with Gasteiger partial charge in [0.25, 0.3) is 10.0 Å². The van der Waals surface area contributed by atoms with Crippen LogP contribution in [0.3, 0.4) is 0 Å². The first-order chi connectivity index (χ1) is 23.2. The second kappa shape index (κ2) is 16.2. The van der Waals surface area contributed by atoms with Crippen molar-refractivity contribution in [3.8, 4) is 5.75 Å². The van der Waals surface area contributed by atoms with Crippen molar-refractivity contribution in [2.45, 2.75) is 69.0 Å². The molecule has 2 amide bonds. The van der Waals surface area contributed by atoms with Crippen molar-refractivity contribution in [3.63, 3.8) is 0 Å². The highest BCUT2D eigenvalue weighted by atomic mass is 35.5. The Bertz CT molecular complexity index is 1790. The lowest BCUT2D eigenvalue weighted by Crippen LogP contribution is -2.55. The van der Waals surface area contributed by atoms with Crippen LogP contribution in [0.2, 0.25) is 5.02 Å². The molecule has 1 unspecified atom stereocenters. The number of nitrogens with zero attached hydrogens (tertiary/aromatic N) is 2. The van der Waals surface area contributed by atoms with Gasteiger partial charge in [-0.25, -0.2) is 8.42 Å². The maximum Gasteiger partial charge on any atom is 0.264 e. The van der Waals surface area contributed by atoms with Crippen molar-refractivity contribution in [1.29, 1.82) is 0 Å². The van der Waals surface area contributed by atoms with Gasteiger partial charge in [0.1, 0.15) is 18.3 Å². The third-order valence-electron chi connectivity index (χ3n) is 8.77. The van der Waals surface area contributed by atoms with Crippen LogP contribution < -0.4 is 14.4 Å². The van der Waals surface area contributed by atoms with Gasteiger partial charge >= 0.3 is 0 Å². The molecule has 252 valence electrons. The molecule has 1 saturated carbocycles. The number of benzene rings is 4. The molecule has 1 aliphatic rings. The van der Waals surface area contributed by atoms with Gasteiger partial charge in [0.2, 0.25) is 11.8 Å². The summed E-state index contributed by atoms with van der Waals surface area (Å²) in [6.45, 7) is 1.34. The highest BCUT2D eigenvalue weighted by molar-refractivity contribution is 7.92. The molecule has 5 rings (SSSR count). The minimum atomic E-state index is -4.23. The monoisotopic (exact) mass is 687 g/mol. The molecule has 4 aromatic rings. The van der Waals surface area contributed by atoms with Crippen LogP contribution in [0.4, 0.5) is 5.69 Å². The number of nitrogens with one attached hydrogen (secondary N) is 1. The molecule has 0 heterocycles. The van der Waals surface area contributed by atoms with E-state index in [0.29, 0.717) is 22.0 Å². The molecule has 0 bridgehead atoms. The standard InChI is InChI=1S/C38H42ClN3O5S/c1-28-12-9-10-19-35(28)42(48(45,46)34-22-20-31(39)21-23-34)27-37(43)41(26-30-15-11-18-33(24-30)47-2)36(25-29-13-5-3-6-14-29)38(44)40-32-16-7-4-8-17-32/h3,5-6,9-15,18-24,32,36H,4,7-8,16-17,25-27H2,1-2H3,(H,40,44). The van der Waals surface area contributed by atoms with Gasteiger partial charge in [-0.3, -0.25) is 13.9 Å². The molecule has 10 heteroatoms. The van der Waals surface area contributed by atoms with E-state index in [-0.39, 0.29) is 29.8 Å². The number of anilines is 1. The van der Waals surface area contributed by atoms with Gasteiger partial charge in [-0.05, 0) is 78.9 Å². The number of carbonyl (C=O) groups is 2. The molecule has 0 aliphatic heterocycles. The van der Waals surface area contributed by atoms with Gasteiger partial charge in [-0.1, -0.05) is 91.5 Å². The quantitative estimate of drug-likeness (QED) is 0.164. The van der Waals surface area contributed by atoms with Crippen molar-refractivity contribution in [3.05, 3.63) is 125 Å². The second-order valence-corrected chi connectivity index (χ2v) is 14.5. The summed E-state index contributed by atoms with van der Waals surface area (Å²) in [4.78, 5) is 30.5. The molecule has 48 heavy (non-hydrogen) atoms. The van der Waals surface area contributed by atoms with E-state index in [0.717, 1.165) is 47.5 Å². The Kier molecular flexibility index (Phi) is 11.8. The number of hydrogen-bond acceptors (Lipinski definition) is 5. The topological polar surface area (TPSA) is 96.0 Å². The van der Waals surface area contributed by atoms with Crippen LogP contribution in [0, 0.1) is 6.92 Å². The van der Waals surface area contributed by atoms with Crippen molar-refractivity contribution in [2.75, 3.05) is 18.0 Å². The number of amides is 2. The van der Waals surface area contributed by atoms with Gasteiger partial charge in [-0.2, -0.15) is 0 Å². The molecule has 1 fully saturated rings. The smallest absolute Gasteiger partial charge is 0.264 e. The van der Waals surface area contributed by atoms with Crippen molar-refractivity contribution in [2.24, 2.45) is 0 Å². The van der Waals surface area contributed by atoms with Crippen LogP contribution in [0.5, 0.6) is 5.75 Å². The van der Waals surface area contributed by atoms with E-state index in [1.54, 1.807) is 32.2 Å². The highest BCUT2D eigenvalue weighted by Crippen LogP contribution is 2.29. The molecule has 0 aromatic heterocycles. The summed E-state index contributed by atoms with van der Waals surface area (Å²) in [7, 11) is -2.66. The third kappa shape index (κ3) is 8.76. The van der Waals surface area contributed by atoms with Gasteiger partial charge < -0.3 is 15.0 Å². The largest absolute Gasteiger partial charge is 0.497 e. The van der Waals surface area contributed by atoms with Gasteiger partial charge in [-0.15, -0.1) is 0 Å². The molecule has 0 spiro atoms. The van der Waals surface area contributed by atoms with Crippen molar-refractivity contribution in [1.82, 2.24) is 10.2 Å². The number of hydrogen-bond donors (Lipinski definition) is 1. The number of sulfonamides is 1. The minimum absolute atomic E-state index is 0.00169. The molecule has 1 atom stereocenters. The lowest BCUT2D eigenvalue weighted by molar-refractivity contribution is -0.140. The molecule has 1 aliphatic carbocycles. The summed E-state index contributed by atoms with van der Waals surface area (Å²) in [6, 6.07) is 28.9. The number of aryl methyl sites for hydroxylation is 1. The van der Waals surface area contributed by atoms with E-state index in [1.165, 1.54) is 29.2 Å². The number of halogens is 1. The zero-order valence-electron chi connectivity index (χ0n) is 27.3. The van der Waals surface area contributed by atoms with Crippen molar-refractivity contribution >= 4 is 39.1 Å². The second-order valence-electron chi connectivity index (χ2n) is 12.2. The SMILES string of the molecule is COc1cccc(CN(C(=O)CN(c2ccccc2C)S(=O)(=O)c2ccc(Cl)cc2)C(Cc2ccccc2)C(=O)NC2CCCCC2)c1. The van der Waals surface area contributed by atoms with Gasteiger partial charge in [0, 0.05) is 24.0 Å². The number of carbonyl (C=O) groups excluding carboxylic acids is 2. The maximum absolute atomic E-state index is 14.7. The van der Waals surface area contributed by atoms with E-state index >= 15 is 0 Å². The Labute approximate surface area is 288 Å². The first-order valence-corrected chi connectivity index (χ1v) is 18.1. The number of para-hydroxylation sites is 1. The molecule has 8 nitrogen and oxygen atoms in total. The summed E-state index contributed by atoms with van der Waals surface area (Å²) >= 11 is 6.09. The summed E-state index contributed by atoms with van der Waals surface area (Å²) in [5.74, 6) is -0.165. The van der Waals surface area contributed by atoms with Crippen LogP contribution in [-0.2, 0) is 32.6 Å². The van der Waals surface area contributed by atoms with Crippen molar-refractivity contribution < 1.29 is 22.7 Å². The fourth-order valence-electron chi connectivity index (χ4n) is 6.16. The molecule has 0 radical (unpaired) electrons. The predicted molar refractivity (Wildman–Crippen MR) is 190 cm³/mol. The van der Waals surface area contributed by atoms with Crippen LogP contribution in [0.25, 0.3) is 0 Å². The Morgan fingerprint density at radius 1 is 0.875 bits per heavy atom. The van der Waals surface area contributed by atoms with Gasteiger partial charge in [0.15, 0.2) is 0 Å². The fourth-order valence-corrected chi connectivity index (χ4v) is 7.76. The number of rotatable bonds is 13. The lowest BCUT2D eigenvalue weighted by atomic mass is 9.94. The Morgan fingerprint density at radius 2 is 1.54 bits per heavy atom. The Balaban J connectivity index is 1.58. The third-order valence-corrected chi connectivity index (χ3v) is 10.8. The van der Waals surface area contributed by atoms with E-state index in [9.17, 15) is 18.0 Å². The first kappa shape index (κ1) is 35.0. The molecule has 4 aromatic carbocycles. The number of methoxy groups -OCH3 is 1. The molecular weight excluding hydrogens is 646 g/mol. The van der Waals surface area contributed by atoms with Crippen LogP contribution >= 0.6 is 11.6 Å². The van der Waals surface area contributed by atoms with E-state index in [4.69, 9.17) is 16.3 Å². The minimum Gasteiger partial charge on any atom is -0.497 e. The average molecular weight is 688 g/mol. The summed E-state index contributed by atoms with van der Waals surface area (Å²) in [5.41, 5.74) is 2.68. The summed E-state index contributed by atoms with van der Waals surface area (Å²) in [6.07, 6.45) is 5.23. The maximum atomic E-state index is 14.7. The normalized spacial score (nSPS) is 14.1. The van der Waals surface area contributed by atoms with Crippen LogP contribution in [-0.4, -0.2) is 50.9 Å².